The molecule has 1 amide bonds. The molecule has 5 heteroatoms. The number of H-pyrrole nitrogens is 1. The summed E-state index contributed by atoms with van der Waals surface area (Å²) in [6.07, 6.45) is 1.32. The van der Waals surface area contributed by atoms with Crippen molar-refractivity contribution in [2.45, 2.75) is 13.5 Å². The van der Waals surface area contributed by atoms with Crippen molar-refractivity contribution in [1.82, 2.24) is 15.5 Å². The van der Waals surface area contributed by atoms with Crippen LogP contribution in [0.2, 0.25) is 0 Å². The van der Waals surface area contributed by atoms with Gasteiger partial charge in [-0.3, -0.25) is 5.10 Å². The van der Waals surface area contributed by atoms with E-state index in [-0.39, 0.29) is 0 Å². The number of carbonyl (C=O) groups excluding carboxylic acids is 1. The van der Waals surface area contributed by atoms with Crippen molar-refractivity contribution < 1.29 is 9.53 Å². The summed E-state index contributed by atoms with van der Waals surface area (Å²) < 4.78 is 4.78. The molecule has 0 radical (unpaired) electrons. The molecule has 1 heterocycles. The second-order valence-electron chi connectivity index (χ2n) is 3.74. The largest absolute Gasteiger partial charge is 0.450 e. The third-order valence-electron chi connectivity index (χ3n) is 2.48. The smallest absolute Gasteiger partial charge is 0.407 e. The Labute approximate surface area is 105 Å². The van der Waals surface area contributed by atoms with Crippen LogP contribution in [0.15, 0.2) is 36.5 Å². The molecule has 2 N–H and O–H groups in total. The molecule has 0 unspecified atom stereocenters. The highest BCUT2D eigenvalue weighted by atomic mass is 16.5. The van der Waals surface area contributed by atoms with Gasteiger partial charge in [0.25, 0.3) is 0 Å². The maximum absolute atomic E-state index is 11.1. The minimum absolute atomic E-state index is 0.380. The van der Waals surface area contributed by atoms with E-state index in [4.69, 9.17) is 4.74 Å². The number of benzene rings is 1. The highest BCUT2D eigenvalue weighted by Crippen LogP contribution is 2.16. The van der Waals surface area contributed by atoms with Gasteiger partial charge in [0, 0.05) is 12.7 Å². The Kier molecular flexibility index (Phi) is 3.96. The van der Waals surface area contributed by atoms with Crippen molar-refractivity contribution in [1.29, 1.82) is 0 Å². The molecule has 0 aliphatic carbocycles. The number of aromatic amines is 1. The standard InChI is InChI=1S/C13H15N3O2/c1-2-18-13(17)14-9-10-3-5-11(6-4-10)12-7-8-15-16-12/h3-8H,2,9H2,1H3,(H,14,17)(H,15,16). The molecule has 1 aromatic heterocycles. The molecule has 0 saturated heterocycles. The molecule has 0 aliphatic heterocycles. The summed E-state index contributed by atoms with van der Waals surface area (Å²) >= 11 is 0. The van der Waals surface area contributed by atoms with E-state index < -0.39 is 6.09 Å². The zero-order chi connectivity index (χ0) is 12.8. The molecule has 1 aromatic carbocycles. The van der Waals surface area contributed by atoms with Gasteiger partial charge < -0.3 is 10.1 Å². The summed E-state index contributed by atoms with van der Waals surface area (Å²) in [7, 11) is 0. The highest BCUT2D eigenvalue weighted by Gasteiger charge is 2.01. The van der Waals surface area contributed by atoms with Crippen LogP contribution in [0.3, 0.4) is 0 Å². The first kappa shape index (κ1) is 12.2. The van der Waals surface area contributed by atoms with Gasteiger partial charge in [0.1, 0.15) is 0 Å². The number of carbonyl (C=O) groups is 1. The van der Waals surface area contributed by atoms with E-state index in [9.17, 15) is 4.79 Å². The second-order valence-corrected chi connectivity index (χ2v) is 3.74. The summed E-state index contributed by atoms with van der Waals surface area (Å²) in [4.78, 5) is 11.1. The lowest BCUT2D eigenvalue weighted by Crippen LogP contribution is -2.23. The number of hydrogen-bond donors (Lipinski definition) is 2. The predicted octanol–water partition coefficient (Wildman–Crippen LogP) is 2.32. The van der Waals surface area contributed by atoms with Gasteiger partial charge in [0.05, 0.1) is 12.3 Å². The zero-order valence-electron chi connectivity index (χ0n) is 10.1. The van der Waals surface area contributed by atoms with Gasteiger partial charge in [-0.15, -0.1) is 0 Å². The van der Waals surface area contributed by atoms with E-state index in [1.165, 1.54) is 0 Å². The number of amides is 1. The molecule has 0 spiro atoms. The number of aromatic nitrogens is 2. The van der Waals surface area contributed by atoms with Crippen molar-refractivity contribution >= 4 is 6.09 Å². The fourth-order valence-corrected chi connectivity index (χ4v) is 1.58. The van der Waals surface area contributed by atoms with Crippen LogP contribution in [-0.4, -0.2) is 22.9 Å². The minimum Gasteiger partial charge on any atom is -0.450 e. The molecular formula is C13H15N3O2. The van der Waals surface area contributed by atoms with E-state index in [1.54, 1.807) is 13.1 Å². The quantitative estimate of drug-likeness (QED) is 0.868. The van der Waals surface area contributed by atoms with Gasteiger partial charge >= 0.3 is 6.09 Å². The van der Waals surface area contributed by atoms with Crippen molar-refractivity contribution in [2.24, 2.45) is 0 Å². The molecule has 0 atom stereocenters. The second kappa shape index (κ2) is 5.86. The van der Waals surface area contributed by atoms with Crippen molar-refractivity contribution in [3.63, 3.8) is 0 Å². The number of rotatable bonds is 4. The topological polar surface area (TPSA) is 67.0 Å². The number of ether oxygens (including phenoxy) is 1. The third-order valence-corrected chi connectivity index (χ3v) is 2.48. The van der Waals surface area contributed by atoms with Gasteiger partial charge in [-0.05, 0) is 24.1 Å². The van der Waals surface area contributed by atoms with Crippen LogP contribution in [0.5, 0.6) is 0 Å². The fraction of sp³-hybridized carbons (Fsp3) is 0.231. The zero-order valence-corrected chi connectivity index (χ0v) is 10.1. The average Bonchev–Trinajstić information content (AvgIpc) is 2.91. The molecule has 0 aliphatic rings. The van der Waals surface area contributed by atoms with Crippen LogP contribution >= 0.6 is 0 Å². The number of nitrogens with one attached hydrogen (secondary N) is 2. The highest BCUT2D eigenvalue weighted by molar-refractivity contribution is 5.67. The monoisotopic (exact) mass is 245 g/mol. The van der Waals surface area contributed by atoms with Crippen LogP contribution in [0.25, 0.3) is 11.3 Å². The third kappa shape index (κ3) is 3.10. The Balaban J connectivity index is 1.94. The molecule has 18 heavy (non-hydrogen) atoms. The average molecular weight is 245 g/mol. The lowest BCUT2D eigenvalue weighted by molar-refractivity contribution is 0.151. The summed E-state index contributed by atoms with van der Waals surface area (Å²) in [5.74, 6) is 0. The lowest BCUT2D eigenvalue weighted by Gasteiger charge is -2.05. The molecule has 0 fully saturated rings. The van der Waals surface area contributed by atoms with Crippen molar-refractivity contribution in [2.75, 3.05) is 6.61 Å². The molecule has 0 saturated carbocycles. The molecule has 0 bridgehead atoms. The lowest BCUT2D eigenvalue weighted by atomic mass is 10.1. The maximum atomic E-state index is 11.1. The van der Waals surface area contributed by atoms with Crippen molar-refractivity contribution in [3.8, 4) is 11.3 Å². The predicted molar refractivity (Wildman–Crippen MR) is 67.9 cm³/mol. The minimum atomic E-state index is -0.393. The van der Waals surface area contributed by atoms with Crippen molar-refractivity contribution in [3.05, 3.63) is 42.1 Å². The Morgan fingerprint density at radius 3 is 2.72 bits per heavy atom. The van der Waals surface area contributed by atoms with E-state index in [0.717, 1.165) is 16.8 Å². The Morgan fingerprint density at radius 2 is 2.11 bits per heavy atom. The van der Waals surface area contributed by atoms with Gasteiger partial charge in [0.15, 0.2) is 0 Å². The van der Waals surface area contributed by atoms with E-state index in [1.807, 2.05) is 30.3 Å². The number of nitrogens with zero attached hydrogens (tertiary/aromatic N) is 1. The number of hydrogen-bond acceptors (Lipinski definition) is 3. The van der Waals surface area contributed by atoms with E-state index in [0.29, 0.717) is 13.2 Å². The summed E-state index contributed by atoms with van der Waals surface area (Å²) in [6, 6.07) is 9.79. The molecule has 2 aromatic rings. The molecule has 5 nitrogen and oxygen atoms in total. The Hall–Kier alpha value is -2.30. The van der Waals surface area contributed by atoms with Crippen LogP contribution < -0.4 is 5.32 Å². The number of alkyl carbamates (subject to hydrolysis) is 1. The first-order valence-corrected chi connectivity index (χ1v) is 5.79. The van der Waals surface area contributed by atoms with Crippen LogP contribution in [0.1, 0.15) is 12.5 Å². The molecule has 2 rings (SSSR count). The first-order chi connectivity index (χ1) is 8.79. The summed E-state index contributed by atoms with van der Waals surface area (Å²) in [6.45, 7) is 2.62. The normalized spacial score (nSPS) is 10.1. The van der Waals surface area contributed by atoms with E-state index in [2.05, 4.69) is 15.5 Å². The first-order valence-electron chi connectivity index (χ1n) is 5.79. The Morgan fingerprint density at radius 1 is 1.33 bits per heavy atom. The fourth-order valence-electron chi connectivity index (χ4n) is 1.58. The Bertz CT molecular complexity index is 491. The molecule has 94 valence electrons. The van der Waals surface area contributed by atoms with Crippen LogP contribution in [0, 0.1) is 0 Å². The van der Waals surface area contributed by atoms with Gasteiger partial charge in [0.2, 0.25) is 0 Å². The van der Waals surface area contributed by atoms with Crippen LogP contribution in [0.4, 0.5) is 4.79 Å². The van der Waals surface area contributed by atoms with Gasteiger partial charge in [-0.25, -0.2) is 4.79 Å². The van der Waals surface area contributed by atoms with Gasteiger partial charge in [-0.1, -0.05) is 24.3 Å². The SMILES string of the molecule is CCOC(=O)NCc1ccc(-c2ccn[nH]2)cc1. The van der Waals surface area contributed by atoms with Crippen LogP contribution in [-0.2, 0) is 11.3 Å². The van der Waals surface area contributed by atoms with Gasteiger partial charge in [-0.2, -0.15) is 5.10 Å². The summed E-state index contributed by atoms with van der Waals surface area (Å²) in [5, 5.41) is 9.48. The maximum Gasteiger partial charge on any atom is 0.407 e. The summed E-state index contributed by atoms with van der Waals surface area (Å²) in [5.41, 5.74) is 3.05. The molecular weight excluding hydrogens is 230 g/mol. The van der Waals surface area contributed by atoms with E-state index >= 15 is 0 Å².